The van der Waals surface area contributed by atoms with E-state index in [-0.39, 0.29) is 12.5 Å². The Kier molecular flexibility index (Phi) is 7.70. The van der Waals surface area contributed by atoms with Crippen LogP contribution in [0, 0.1) is 14.9 Å². The average molecular weight is 548 g/mol. The van der Waals surface area contributed by atoms with Crippen LogP contribution in [0.1, 0.15) is 25.5 Å². The van der Waals surface area contributed by atoms with E-state index in [1.165, 1.54) is 0 Å². The molecule has 3 N–H and O–H groups in total. The number of anilines is 1. The number of benzene rings is 2. The van der Waals surface area contributed by atoms with Crippen LogP contribution in [0.4, 0.5) is 5.69 Å². The van der Waals surface area contributed by atoms with Gasteiger partial charge >= 0.3 is 0 Å². The lowest BCUT2D eigenvalue weighted by molar-refractivity contribution is -0.113. The molecule has 2 aromatic rings. The molecule has 0 bridgehead atoms. The first-order valence-corrected chi connectivity index (χ1v) is 11.0. The van der Waals surface area contributed by atoms with E-state index in [0.717, 1.165) is 9.13 Å². The first-order valence-electron chi connectivity index (χ1n) is 9.55. The second kappa shape index (κ2) is 10.5. The molecule has 1 aliphatic rings. The van der Waals surface area contributed by atoms with E-state index in [1.807, 2.05) is 62.4 Å². The molecule has 1 amide bonds. The SMILES string of the molecule is CCOc1cc(C2NC(=S)NC(C)=C2C(=O)Nc2ccccc2)cc(I)c1OCC#N. The second-order valence-corrected chi connectivity index (χ2v) is 8.17. The molecule has 0 saturated heterocycles. The van der Waals surface area contributed by atoms with Gasteiger partial charge in [0.1, 0.15) is 6.07 Å². The number of rotatable bonds is 7. The maximum absolute atomic E-state index is 13.2. The van der Waals surface area contributed by atoms with Gasteiger partial charge in [-0.1, -0.05) is 18.2 Å². The zero-order valence-electron chi connectivity index (χ0n) is 17.0. The summed E-state index contributed by atoms with van der Waals surface area (Å²) in [5.74, 6) is 0.764. The molecule has 0 fully saturated rings. The fraction of sp³-hybridized carbons (Fsp3) is 0.227. The maximum Gasteiger partial charge on any atom is 0.255 e. The number of para-hydroxylation sites is 1. The lowest BCUT2D eigenvalue weighted by Crippen LogP contribution is -2.45. The number of nitriles is 1. The topological polar surface area (TPSA) is 95.4 Å². The third-order valence-electron chi connectivity index (χ3n) is 4.49. The van der Waals surface area contributed by atoms with E-state index in [1.54, 1.807) is 0 Å². The van der Waals surface area contributed by atoms with Crippen LogP contribution in [-0.2, 0) is 4.79 Å². The summed E-state index contributed by atoms with van der Waals surface area (Å²) in [6, 6.07) is 14.4. The Hall–Kier alpha value is -2.84. The Morgan fingerprint density at radius 2 is 2.03 bits per heavy atom. The highest BCUT2D eigenvalue weighted by Crippen LogP contribution is 2.38. The average Bonchev–Trinajstić information content (AvgIpc) is 2.73. The van der Waals surface area contributed by atoms with Crippen molar-refractivity contribution in [3.05, 3.63) is 62.9 Å². The van der Waals surface area contributed by atoms with E-state index < -0.39 is 6.04 Å². The summed E-state index contributed by atoms with van der Waals surface area (Å²) in [6.45, 7) is 4.03. The summed E-state index contributed by atoms with van der Waals surface area (Å²) in [5.41, 5.74) is 2.67. The van der Waals surface area contributed by atoms with Crippen LogP contribution in [0.3, 0.4) is 0 Å². The van der Waals surface area contributed by atoms with Crippen molar-refractivity contribution >= 4 is 51.5 Å². The molecule has 1 atom stereocenters. The van der Waals surface area contributed by atoms with Crippen LogP contribution >= 0.6 is 34.8 Å². The minimum absolute atomic E-state index is 0.0884. The molecule has 1 aliphatic heterocycles. The number of nitrogens with zero attached hydrogens (tertiary/aromatic N) is 1. The Bertz CT molecular complexity index is 1070. The third kappa shape index (κ3) is 5.45. The fourth-order valence-electron chi connectivity index (χ4n) is 3.23. The van der Waals surface area contributed by atoms with Crippen molar-refractivity contribution in [2.45, 2.75) is 19.9 Å². The Balaban J connectivity index is 2.02. The molecule has 1 heterocycles. The molecule has 3 rings (SSSR count). The highest BCUT2D eigenvalue weighted by Gasteiger charge is 2.31. The first kappa shape index (κ1) is 22.8. The molecule has 1 unspecified atom stereocenters. The molecule has 0 aliphatic carbocycles. The standard InChI is InChI=1S/C22H21IN4O3S/c1-3-29-17-12-14(11-16(23)20(17)30-10-9-24)19-18(13(2)25-22(31)27-19)21(28)26-15-7-5-4-6-8-15/h4-8,11-12,19H,3,10H2,1-2H3,(H,26,28)(H2,25,27,31). The lowest BCUT2D eigenvalue weighted by atomic mass is 9.94. The molecule has 2 aromatic carbocycles. The summed E-state index contributed by atoms with van der Waals surface area (Å²) < 4.78 is 12.1. The van der Waals surface area contributed by atoms with Crippen molar-refractivity contribution in [3.8, 4) is 17.6 Å². The van der Waals surface area contributed by atoms with Crippen LogP contribution < -0.4 is 25.4 Å². The van der Waals surface area contributed by atoms with Gasteiger partial charge in [0, 0.05) is 11.4 Å². The lowest BCUT2D eigenvalue weighted by Gasteiger charge is -2.31. The predicted molar refractivity (Wildman–Crippen MR) is 131 cm³/mol. The number of carbonyl (C=O) groups excluding carboxylic acids is 1. The van der Waals surface area contributed by atoms with E-state index >= 15 is 0 Å². The number of carbonyl (C=O) groups is 1. The number of hydrogen-bond donors (Lipinski definition) is 3. The van der Waals surface area contributed by atoms with Gasteiger partial charge in [0.25, 0.3) is 5.91 Å². The smallest absolute Gasteiger partial charge is 0.255 e. The van der Waals surface area contributed by atoms with Gasteiger partial charge in [-0.05, 0) is 78.5 Å². The van der Waals surface area contributed by atoms with Gasteiger partial charge in [-0.2, -0.15) is 5.26 Å². The first-order chi connectivity index (χ1) is 14.9. The van der Waals surface area contributed by atoms with Gasteiger partial charge in [-0.3, -0.25) is 4.79 Å². The van der Waals surface area contributed by atoms with Gasteiger partial charge in [-0.15, -0.1) is 0 Å². The quantitative estimate of drug-likeness (QED) is 0.356. The molecule has 7 nitrogen and oxygen atoms in total. The van der Waals surface area contributed by atoms with Crippen molar-refractivity contribution < 1.29 is 14.3 Å². The van der Waals surface area contributed by atoms with Gasteiger partial charge in [0.2, 0.25) is 0 Å². The molecular formula is C22H21IN4O3S. The number of halogens is 1. The minimum atomic E-state index is -0.491. The van der Waals surface area contributed by atoms with Crippen molar-refractivity contribution in [2.24, 2.45) is 0 Å². The summed E-state index contributed by atoms with van der Waals surface area (Å²) in [7, 11) is 0. The summed E-state index contributed by atoms with van der Waals surface area (Å²) in [5, 5.41) is 18.5. The van der Waals surface area contributed by atoms with E-state index in [9.17, 15) is 4.79 Å². The Morgan fingerprint density at radius 3 is 2.71 bits per heavy atom. The van der Waals surface area contributed by atoms with Gasteiger partial charge in [0.05, 0.1) is 21.8 Å². The van der Waals surface area contributed by atoms with Gasteiger partial charge in [-0.25, -0.2) is 0 Å². The van der Waals surface area contributed by atoms with Crippen LogP contribution in [-0.4, -0.2) is 24.2 Å². The van der Waals surface area contributed by atoms with Crippen LogP contribution in [0.5, 0.6) is 11.5 Å². The second-order valence-electron chi connectivity index (χ2n) is 6.60. The molecule has 0 spiro atoms. The Labute approximate surface area is 199 Å². The van der Waals surface area contributed by atoms with E-state index in [2.05, 4.69) is 38.5 Å². The highest BCUT2D eigenvalue weighted by atomic mass is 127. The third-order valence-corrected chi connectivity index (χ3v) is 5.51. The van der Waals surface area contributed by atoms with Crippen LogP contribution in [0.15, 0.2) is 53.7 Å². The van der Waals surface area contributed by atoms with Crippen molar-refractivity contribution in [1.82, 2.24) is 10.6 Å². The number of ether oxygens (including phenoxy) is 2. The molecular weight excluding hydrogens is 527 g/mol. The zero-order chi connectivity index (χ0) is 22.4. The minimum Gasteiger partial charge on any atom is -0.490 e. The highest BCUT2D eigenvalue weighted by molar-refractivity contribution is 14.1. The summed E-state index contributed by atoms with van der Waals surface area (Å²) >= 11 is 7.48. The normalized spacial score (nSPS) is 15.4. The van der Waals surface area contributed by atoms with E-state index in [0.29, 0.717) is 40.2 Å². The van der Waals surface area contributed by atoms with E-state index in [4.69, 9.17) is 27.0 Å². The van der Waals surface area contributed by atoms with Crippen molar-refractivity contribution in [1.29, 1.82) is 5.26 Å². The number of thiocarbonyl (C=S) groups is 1. The van der Waals surface area contributed by atoms with Crippen LogP contribution in [0.2, 0.25) is 0 Å². The largest absolute Gasteiger partial charge is 0.490 e. The maximum atomic E-state index is 13.2. The number of nitrogens with one attached hydrogen (secondary N) is 3. The molecule has 0 aromatic heterocycles. The van der Waals surface area contributed by atoms with Crippen molar-refractivity contribution in [3.63, 3.8) is 0 Å². The number of hydrogen-bond acceptors (Lipinski definition) is 5. The number of amides is 1. The molecule has 160 valence electrons. The molecule has 0 radical (unpaired) electrons. The molecule has 31 heavy (non-hydrogen) atoms. The monoisotopic (exact) mass is 548 g/mol. The molecule has 9 heteroatoms. The molecule has 0 saturated carbocycles. The van der Waals surface area contributed by atoms with Crippen LogP contribution in [0.25, 0.3) is 0 Å². The van der Waals surface area contributed by atoms with Crippen molar-refractivity contribution in [2.75, 3.05) is 18.5 Å². The number of allylic oxidation sites excluding steroid dienone is 1. The zero-order valence-corrected chi connectivity index (χ0v) is 20.0. The van der Waals surface area contributed by atoms with Gasteiger partial charge < -0.3 is 25.4 Å². The Morgan fingerprint density at radius 1 is 1.29 bits per heavy atom. The predicted octanol–water partition coefficient (Wildman–Crippen LogP) is 4.02. The van der Waals surface area contributed by atoms with Gasteiger partial charge in [0.15, 0.2) is 23.2 Å². The summed E-state index contributed by atoms with van der Waals surface area (Å²) in [4.78, 5) is 13.2. The summed E-state index contributed by atoms with van der Waals surface area (Å²) in [6.07, 6.45) is 0. The fourth-order valence-corrected chi connectivity index (χ4v) is 4.28.